The quantitative estimate of drug-likeness (QED) is 0.507. The van der Waals surface area contributed by atoms with Gasteiger partial charge in [-0.1, -0.05) is 49.9 Å². The first-order valence-corrected chi connectivity index (χ1v) is 8.56. The van der Waals surface area contributed by atoms with Gasteiger partial charge in [0.15, 0.2) is 0 Å². The van der Waals surface area contributed by atoms with Gasteiger partial charge in [0.05, 0.1) is 0 Å². The number of rotatable bonds is 6. The number of halogens is 1. The number of fused-ring (bicyclic) bond motifs is 1. The van der Waals surface area contributed by atoms with E-state index in [4.69, 9.17) is 0 Å². The SMILES string of the molecule is CCCCCCc1[nH]c2ccc(C)cc2c1-c1ccc(F)cc1. The molecule has 0 saturated carbocycles. The second kappa shape index (κ2) is 6.99. The van der Waals surface area contributed by atoms with Gasteiger partial charge in [0.1, 0.15) is 5.82 Å². The fraction of sp³-hybridized carbons (Fsp3) is 0.333. The molecule has 3 aromatic rings. The number of nitrogens with one attached hydrogen (secondary N) is 1. The topological polar surface area (TPSA) is 15.8 Å². The summed E-state index contributed by atoms with van der Waals surface area (Å²) < 4.78 is 13.3. The predicted octanol–water partition coefficient (Wildman–Crippen LogP) is 6.41. The highest BCUT2D eigenvalue weighted by molar-refractivity contribution is 5.97. The Kier molecular flexibility index (Phi) is 4.80. The normalized spacial score (nSPS) is 11.3. The summed E-state index contributed by atoms with van der Waals surface area (Å²) in [6, 6.07) is 13.4. The third kappa shape index (κ3) is 3.47. The third-order valence-corrected chi connectivity index (χ3v) is 4.44. The van der Waals surface area contributed by atoms with Crippen molar-refractivity contribution in [1.29, 1.82) is 0 Å². The summed E-state index contributed by atoms with van der Waals surface area (Å²) >= 11 is 0. The average Bonchev–Trinajstić information content (AvgIpc) is 2.90. The van der Waals surface area contributed by atoms with E-state index in [2.05, 4.69) is 37.0 Å². The molecule has 1 heterocycles. The maximum absolute atomic E-state index is 13.3. The number of H-pyrrole nitrogens is 1. The predicted molar refractivity (Wildman–Crippen MR) is 96.3 cm³/mol. The second-order valence-electron chi connectivity index (χ2n) is 6.35. The molecule has 1 nitrogen and oxygen atoms in total. The first-order valence-electron chi connectivity index (χ1n) is 8.56. The highest BCUT2D eigenvalue weighted by Crippen LogP contribution is 2.34. The Balaban J connectivity index is 2.03. The van der Waals surface area contributed by atoms with Crippen LogP contribution in [0.2, 0.25) is 0 Å². The lowest BCUT2D eigenvalue weighted by molar-refractivity contribution is 0.628. The van der Waals surface area contributed by atoms with Gasteiger partial charge in [-0.15, -0.1) is 0 Å². The molecule has 0 spiro atoms. The summed E-state index contributed by atoms with van der Waals surface area (Å²) in [6.07, 6.45) is 6.02. The van der Waals surface area contributed by atoms with Gasteiger partial charge in [-0.25, -0.2) is 4.39 Å². The van der Waals surface area contributed by atoms with Crippen molar-refractivity contribution in [2.24, 2.45) is 0 Å². The van der Waals surface area contributed by atoms with Crippen LogP contribution in [0.3, 0.4) is 0 Å². The van der Waals surface area contributed by atoms with Crippen molar-refractivity contribution in [3.63, 3.8) is 0 Å². The van der Waals surface area contributed by atoms with Crippen LogP contribution in [0.15, 0.2) is 42.5 Å². The van der Waals surface area contributed by atoms with E-state index in [1.54, 1.807) is 12.1 Å². The highest BCUT2D eigenvalue weighted by atomic mass is 19.1. The number of aryl methyl sites for hydroxylation is 2. The Bertz CT molecular complexity index is 783. The summed E-state index contributed by atoms with van der Waals surface area (Å²) in [5.41, 5.74) is 6.01. The minimum absolute atomic E-state index is 0.186. The summed E-state index contributed by atoms with van der Waals surface area (Å²) in [7, 11) is 0. The fourth-order valence-corrected chi connectivity index (χ4v) is 3.22. The number of hydrogen-bond acceptors (Lipinski definition) is 0. The Hall–Kier alpha value is -2.09. The van der Waals surface area contributed by atoms with Crippen LogP contribution in [-0.4, -0.2) is 4.98 Å². The van der Waals surface area contributed by atoms with Gasteiger partial charge in [-0.2, -0.15) is 0 Å². The van der Waals surface area contributed by atoms with E-state index < -0.39 is 0 Å². The Morgan fingerprint density at radius 1 is 0.957 bits per heavy atom. The van der Waals surface area contributed by atoms with E-state index in [1.807, 2.05) is 12.1 Å². The molecule has 0 unspecified atom stereocenters. The van der Waals surface area contributed by atoms with Crippen molar-refractivity contribution in [1.82, 2.24) is 4.98 Å². The summed E-state index contributed by atoms with van der Waals surface area (Å²) in [5.74, 6) is -0.186. The monoisotopic (exact) mass is 309 g/mol. The largest absolute Gasteiger partial charge is 0.358 e. The number of aromatic nitrogens is 1. The van der Waals surface area contributed by atoms with Crippen molar-refractivity contribution in [3.05, 3.63) is 59.5 Å². The zero-order chi connectivity index (χ0) is 16.2. The lowest BCUT2D eigenvalue weighted by atomic mass is 9.98. The number of benzene rings is 2. The molecule has 1 N–H and O–H groups in total. The summed E-state index contributed by atoms with van der Waals surface area (Å²) in [5, 5.41) is 1.24. The van der Waals surface area contributed by atoms with Gasteiger partial charge < -0.3 is 4.98 Å². The van der Waals surface area contributed by atoms with Crippen LogP contribution in [0.5, 0.6) is 0 Å². The molecule has 0 saturated heterocycles. The number of hydrogen-bond donors (Lipinski definition) is 1. The lowest BCUT2D eigenvalue weighted by Gasteiger charge is -2.06. The van der Waals surface area contributed by atoms with E-state index in [1.165, 1.54) is 53.4 Å². The van der Waals surface area contributed by atoms with Gasteiger partial charge in [-0.3, -0.25) is 0 Å². The first kappa shape index (κ1) is 15.8. The van der Waals surface area contributed by atoms with Gasteiger partial charge in [0.2, 0.25) is 0 Å². The van der Waals surface area contributed by atoms with Gasteiger partial charge in [0.25, 0.3) is 0 Å². The van der Waals surface area contributed by atoms with Crippen LogP contribution in [0, 0.1) is 12.7 Å². The smallest absolute Gasteiger partial charge is 0.123 e. The molecule has 1 aromatic heterocycles. The van der Waals surface area contributed by atoms with Crippen molar-refractivity contribution in [3.8, 4) is 11.1 Å². The second-order valence-corrected chi connectivity index (χ2v) is 6.35. The van der Waals surface area contributed by atoms with E-state index in [-0.39, 0.29) is 5.82 Å². The van der Waals surface area contributed by atoms with Crippen LogP contribution in [0.1, 0.15) is 43.9 Å². The van der Waals surface area contributed by atoms with E-state index in [0.29, 0.717) is 0 Å². The average molecular weight is 309 g/mol. The standard InChI is InChI=1S/C21H24FN/c1-3-4-5-6-7-20-21(16-9-11-17(22)12-10-16)18-14-15(2)8-13-19(18)23-20/h8-14,23H,3-7H2,1-2H3. The molecular formula is C21H24FN. The van der Waals surface area contributed by atoms with Crippen LogP contribution in [-0.2, 0) is 6.42 Å². The van der Waals surface area contributed by atoms with E-state index in [9.17, 15) is 4.39 Å². The summed E-state index contributed by atoms with van der Waals surface area (Å²) in [6.45, 7) is 4.34. The van der Waals surface area contributed by atoms with Crippen molar-refractivity contribution < 1.29 is 4.39 Å². The molecule has 120 valence electrons. The van der Waals surface area contributed by atoms with Gasteiger partial charge >= 0.3 is 0 Å². The van der Waals surface area contributed by atoms with E-state index in [0.717, 1.165) is 12.0 Å². The third-order valence-electron chi connectivity index (χ3n) is 4.44. The molecule has 3 rings (SSSR count). The Labute approximate surface area is 137 Å². The zero-order valence-electron chi connectivity index (χ0n) is 14.0. The van der Waals surface area contributed by atoms with Crippen LogP contribution >= 0.6 is 0 Å². The lowest BCUT2D eigenvalue weighted by Crippen LogP contribution is -1.90. The summed E-state index contributed by atoms with van der Waals surface area (Å²) in [4.78, 5) is 3.59. The highest BCUT2D eigenvalue weighted by Gasteiger charge is 2.13. The van der Waals surface area contributed by atoms with E-state index >= 15 is 0 Å². The Morgan fingerprint density at radius 2 is 1.74 bits per heavy atom. The van der Waals surface area contributed by atoms with Gasteiger partial charge in [-0.05, 0) is 49.6 Å². The molecular weight excluding hydrogens is 285 g/mol. The van der Waals surface area contributed by atoms with Crippen molar-refractivity contribution >= 4 is 10.9 Å². The molecule has 0 aliphatic rings. The van der Waals surface area contributed by atoms with Crippen molar-refractivity contribution in [2.45, 2.75) is 46.0 Å². The molecule has 0 aliphatic heterocycles. The van der Waals surface area contributed by atoms with Crippen LogP contribution in [0.4, 0.5) is 4.39 Å². The maximum Gasteiger partial charge on any atom is 0.123 e. The molecule has 0 atom stereocenters. The molecule has 2 aromatic carbocycles. The molecule has 23 heavy (non-hydrogen) atoms. The first-order chi connectivity index (χ1) is 11.2. The minimum atomic E-state index is -0.186. The molecule has 0 bridgehead atoms. The Morgan fingerprint density at radius 3 is 2.48 bits per heavy atom. The maximum atomic E-state index is 13.3. The van der Waals surface area contributed by atoms with Crippen LogP contribution < -0.4 is 0 Å². The fourth-order valence-electron chi connectivity index (χ4n) is 3.22. The molecule has 0 amide bonds. The zero-order valence-corrected chi connectivity index (χ0v) is 14.0. The molecule has 0 fully saturated rings. The van der Waals surface area contributed by atoms with Crippen molar-refractivity contribution in [2.75, 3.05) is 0 Å². The molecule has 0 aliphatic carbocycles. The van der Waals surface area contributed by atoms with Gasteiger partial charge in [0, 0.05) is 22.2 Å². The molecule has 0 radical (unpaired) electrons. The number of aromatic amines is 1. The number of unbranched alkanes of at least 4 members (excludes halogenated alkanes) is 3. The van der Waals surface area contributed by atoms with Crippen LogP contribution in [0.25, 0.3) is 22.0 Å². The minimum Gasteiger partial charge on any atom is -0.358 e. The molecule has 2 heteroatoms.